The molecule has 1 aliphatic rings. The van der Waals surface area contributed by atoms with Crippen molar-refractivity contribution in [3.05, 3.63) is 85.9 Å². The highest BCUT2D eigenvalue weighted by Crippen LogP contribution is 2.26. The van der Waals surface area contributed by atoms with Gasteiger partial charge >= 0.3 is 0 Å². The number of likely N-dealkylation sites (tertiary alicyclic amines) is 1. The quantitative estimate of drug-likeness (QED) is 0.475. The molecule has 5 rings (SSSR count). The average molecular weight is 483 g/mol. The number of halogens is 2. The predicted octanol–water partition coefficient (Wildman–Crippen LogP) is 3.89. The van der Waals surface area contributed by atoms with Crippen molar-refractivity contribution in [3.63, 3.8) is 0 Å². The first-order valence-corrected chi connectivity index (χ1v) is 11.4. The van der Waals surface area contributed by atoms with Gasteiger partial charge in [0.15, 0.2) is 11.2 Å². The molecular formula is C23H20Cl2N6O2. The van der Waals surface area contributed by atoms with Crippen LogP contribution in [-0.4, -0.2) is 48.9 Å². The fourth-order valence-corrected chi connectivity index (χ4v) is 4.45. The third-order valence-electron chi connectivity index (χ3n) is 5.86. The van der Waals surface area contributed by atoms with Crippen LogP contribution in [-0.2, 0) is 6.54 Å². The largest absolute Gasteiger partial charge is 0.338 e. The molecule has 168 valence electrons. The van der Waals surface area contributed by atoms with Crippen LogP contribution in [0.1, 0.15) is 40.5 Å². The first-order chi connectivity index (χ1) is 16.0. The highest BCUT2D eigenvalue weighted by Gasteiger charge is 2.28. The lowest BCUT2D eigenvalue weighted by atomic mass is 9.96. The molecule has 0 spiro atoms. The zero-order chi connectivity index (χ0) is 22.9. The van der Waals surface area contributed by atoms with Crippen molar-refractivity contribution in [3.8, 4) is 0 Å². The van der Waals surface area contributed by atoms with E-state index in [0.717, 1.165) is 18.4 Å². The summed E-state index contributed by atoms with van der Waals surface area (Å²) in [4.78, 5) is 35.0. The molecule has 1 N–H and O–H groups in total. The number of hydrogen-bond donors (Lipinski definition) is 1. The molecule has 1 aliphatic heterocycles. The van der Waals surface area contributed by atoms with Crippen LogP contribution in [0.5, 0.6) is 0 Å². The Morgan fingerprint density at radius 2 is 1.91 bits per heavy atom. The Morgan fingerprint density at radius 1 is 1.12 bits per heavy atom. The van der Waals surface area contributed by atoms with Gasteiger partial charge in [-0.2, -0.15) is 0 Å². The topological polar surface area (TPSA) is 96.8 Å². The lowest BCUT2D eigenvalue weighted by molar-refractivity contribution is 0.0704. The number of hydrogen-bond acceptors (Lipinski definition) is 5. The van der Waals surface area contributed by atoms with Gasteiger partial charge in [-0.05, 0) is 48.7 Å². The summed E-state index contributed by atoms with van der Waals surface area (Å²) in [7, 11) is 0. The van der Waals surface area contributed by atoms with E-state index in [1.54, 1.807) is 39.9 Å². The van der Waals surface area contributed by atoms with Crippen LogP contribution >= 0.6 is 23.2 Å². The molecule has 0 radical (unpaired) electrons. The number of aromatic nitrogens is 5. The van der Waals surface area contributed by atoms with Crippen molar-refractivity contribution >= 4 is 40.3 Å². The Kier molecular flexibility index (Phi) is 5.86. The van der Waals surface area contributed by atoms with E-state index in [2.05, 4.69) is 15.3 Å². The molecule has 1 amide bonds. The summed E-state index contributed by atoms with van der Waals surface area (Å²) in [5.74, 6) is 0.366. The Morgan fingerprint density at radius 3 is 2.70 bits per heavy atom. The minimum atomic E-state index is -0.346. The number of benzene rings is 2. The molecule has 4 aromatic rings. The first-order valence-electron chi connectivity index (χ1n) is 10.6. The zero-order valence-corrected chi connectivity index (χ0v) is 19.1. The van der Waals surface area contributed by atoms with E-state index in [0.29, 0.717) is 46.7 Å². The SMILES string of the molecule is O=C(c1ccc(Cl)cc1)N1CCCC(c2nc3c(nnn3Cc3ccccc3Cl)c(=O)[nH]2)C1. The normalized spacial score (nSPS) is 16.3. The number of carbonyl (C=O) groups is 1. The van der Waals surface area contributed by atoms with Gasteiger partial charge in [-0.25, -0.2) is 9.67 Å². The first kappa shape index (κ1) is 21.6. The fourth-order valence-electron chi connectivity index (χ4n) is 4.13. The van der Waals surface area contributed by atoms with Crippen LogP contribution in [0.2, 0.25) is 10.0 Å². The summed E-state index contributed by atoms with van der Waals surface area (Å²) >= 11 is 12.2. The molecule has 33 heavy (non-hydrogen) atoms. The van der Waals surface area contributed by atoms with Gasteiger partial charge < -0.3 is 9.88 Å². The molecule has 1 saturated heterocycles. The average Bonchev–Trinajstić information content (AvgIpc) is 3.24. The van der Waals surface area contributed by atoms with Gasteiger partial charge in [0.05, 0.1) is 6.54 Å². The maximum atomic E-state index is 13.0. The molecule has 8 nitrogen and oxygen atoms in total. The fraction of sp³-hybridized carbons (Fsp3) is 0.261. The van der Waals surface area contributed by atoms with Crippen LogP contribution in [0, 0.1) is 0 Å². The Bertz CT molecular complexity index is 1380. The minimum absolute atomic E-state index is 0.0646. The highest BCUT2D eigenvalue weighted by atomic mass is 35.5. The van der Waals surface area contributed by atoms with Gasteiger partial charge in [-0.15, -0.1) is 5.10 Å². The number of H-pyrrole nitrogens is 1. The second kappa shape index (κ2) is 8.96. The molecule has 2 aromatic carbocycles. The van der Waals surface area contributed by atoms with Gasteiger partial charge in [0.25, 0.3) is 11.5 Å². The smallest absolute Gasteiger partial charge is 0.281 e. The van der Waals surface area contributed by atoms with Crippen LogP contribution in [0.25, 0.3) is 11.2 Å². The monoisotopic (exact) mass is 482 g/mol. The van der Waals surface area contributed by atoms with Crippen LogP contribution < -0.4 is 5.56 Å². The summed E-state index contributed by atoms with van der Waals surface area (Å²) in [6, 6.07) is 14.3. The Labute approximate surface area is 199 Å². The molecule has 0 saturated carbocycles. The number of nitrogens with one attached hydrogen (secondary N) is 1. The molecule has 1 fully saturated rings. The van der Waals surface area contributed by atoms with Crippen molar-refractivity contribution in [2.24, 2.45) is 0 Å². The number of nitrogens with zero attached hydrogens (tertiary/aromatic N) is 5. The number of piperidine rings is 1. The van der Waals surface area contributed by atoms with E-state index in [1.807, 2.05) is 18.2 Å². The van der Waals surface area contributed by atoms with Crippen molar-refractivity contribution in [2.45, 2.75) is 25.3 Å². The second-order valence-corrected chi connectivity index (χ2v) is 8.90. The standard InChI is InChI=1S/C23H20Cl2N6O2/c24-17-9-7-14(8-10-17)23(33)30-11-3-5-16(12-30)20-26-21-19(22(32)27-20)28-29-31(21)13-15-4-1-2-6-18(15)25/h1-2,4,6-10,16H,3,5,11-13H2,(H,26,27,32). The summed E-state index contributed by atoms with van der Waals surface area (Å²) in [6.45, 7) is 1.45. The molecule has 0 bridgehead atoms. The Hall–Kier alpha value is -3.23. The van der Waals surface area contributed by atoms with Crippen LogP contribution in [0.4, 0.5) is 0 Å². The van der Waals surface area contributed by atoms with E-state index >= 15 is 0 Å². The molecule has 2 aromatic heterocycles. The number of amides is 1. The maximum absolute atomic E-state index is 13.0. The summed E-state index contributed by atoms with van der Waals surface area (Å²) in [5, 5.41) is 9.32. The molecule has 3 heterocycles. The third kappa shape index (κ3) is 4.36. The van der Waals surface area contributed by atoms with Crippen molar-refractivity contribution < 1.29 is 4.79 Å². The van der Waals surface area contributed by atoms with Gasteiger partial charge in [0, 0.05) is 34.6 Å². The Balaban J connectivity index is 1.43. The van der Waals surface area contributed by atoms with E-state index < -0.39 is 0 Å². The number of carbonyl (C=O) groups excluding carboxylic acids is 1. The lowest BCUT2D eigenvalue weighted by Gasteiger charge is -2.32. The van der Waals surface area contributed by atoms with E-state index in [9.17, 15) is 9.59 Å². The summed E-state index contributed by atoms with van der Waals surface area (Å²) < 4.78 is 1.58. The molecule has 1 atom stereocenters. The third-order valence-corrected chi connectivity index (χ3v) is 6.48. The van der Waals surface area contributed by atoms with Gasteiger partial charge in [-0.1, -0.05) is 46.6 Å². The van der Waals surface area contributed by atoms with Crippen molar-refractivity contribution in [1.29, 1.82) is 0 Å². The van der Waals surface area contributed by atoms with Crippen LogP contribution in [0.3, 0.4) is 0 Å². The van der Waals surface area contributed by atoms with Crippen LogP contribution in [0.15, 0.2) is 53.3 Å². The minimum Gasteiger partial charge on any atom is -0.338 e. The van der Waals surface area contributed by atoms with Crippen molar-refractivity contribution in [2.75, 3.05) is 13.1 Å². The number of aromatic amines is 1. The number of rotatable bonds is 4. The lowest BCUT2D eigenvalue weighted by Crippen LogP contribution is -2.40. The van der Waals surface area contributed by atoms with Crippen molar-refractivity contribution in [1.82, 2.24) is 29.9 Å². The summed E-state index contributed by atoms with van der Waals surface area (Å²) in [6.07, 6.45) is 1.62. The molecule has 10 heteroatoms. The van der Waals surface area contributed by atoms with E-state index in [-0.39, 0.29) is 22.9 Å². The van der Waals surface area contributed by atoms with Gasteiger partial charge in [0.2, 0.25) is 0 Å². The van der Waals surface area contributed by atoms with Gasteiger partial charge in [0.1, 0.15) is 5.82 Å². The maximum Gasteiger partial charge on any atom is 0.281 e. The number of fused-ring (bicyclic) bond motifs is 1. The predicted molar refractivity (Wildman–Crippen MR) is 126 cm³/mol. The highest BCUT2D eigenvalue weighted by molar-refractivity contribution is 6.31. The van der Waals surface area contributed by atoms with E-state index in [4.69, 9.17) is 28.2 Å². The van der Waals surface area contributed by atoms with Gasteiger partial charge in [-0.3, -0.25) is 9.59 Å². The molecule has 1 unspecified atom stereocenters. The molecular weight excluding hydrogens is 463 g/mol. The van der Waals surface area contributed by atoms with E-state index in [1.165, 1.54) is 0 Å². The second-order valence-electron chi connectivity index (χ2n) is 8.06. The summed E-state index contributed by atoms with van der Waals surface area (Å²) in [5.41, 5.74) is 1.66. The zero-order valence-electron chi connectivity index (χ0n) is 17.5. The molecule has 0 aliphatic carbocycles.